The van der Waals surface area contributed by atoms with E-state index in [1.54, 1.807) is 18.2 Å². The van der Waals surface area contributed by atoms with Crippen molar-refractivity contribution in [2.24, 2.45) is 7.05 Å². The number of fused-ring (bicyclic) bond motifs is 2. The molecular formula is C25H32N4O3S. The van der Waals surface area contributed by atoms with Crippen LogP contribution < -0.4 is 0 Å². The van der Waals surface area contributed by atoms with Crippen LogP contribution in [0.4, 0.5) is 0 Å². The Morgan fingerprint density at radius 3 is 2.61 bits per heavy atom. The monoisotopic (exact) mass is 468 g/mol. The Morgan fingerprint density at radius 2 is 1.88 bits per heavy atom. The number of hydrogen-bond donors (Lipinski definition) is 0. The van der Waals surface area contributed by atoms with Gasteiger partial charge in [-0.25, -0.2) is 13.4 Å². The van der Waals surface area contributed by atoms with E-state index >= 15 is 0 Å². The maximum Gasteiger partial charge on any atom is 0.243 e. The number of aromatic nitrogens is 2. The molecule has 0 spiro atoms. The van der Waals surface area contributed by atoms with Gasteiger partial charge in [-0.2, -0.15) is 4.31 Å². The van der Waals surface area contributed by atoms with E-state index in [1.807, 2.05) is 49.5 Å². The highest BCUT2D eigenvalue weighted by Gasteiger charge is 2.28. The van der Waals surface area contributed by atoms with Crippen LogP contribution in [0.5, 0.6) is 0 Å². The second kappa shape index (κ2) is 9.27. The van der Waals surface area contributed by atoms with Gasteiger partial charge in [0.15, 0.2) is 0 Å². The molecular weight excluding hydrogens is 436 g/mol. The van der Waals surface area contributed by atoms with Crippen LogP contribution >= 0.6 is 0 Å². The molecule has 2 aromatic carbocycles. The molecule has 3 aromatic rings. The summed E-state index contributed by atoms with van der Waals surface area (Å²) >= 11 is 0. The third kappa shape index (κ3) is 4.29. The Morgan fingerprint density at radius 1 is 1.15 bits per heavy atom. The molecule has 176 valence electrons. The van der Waals surface area contributed by atoms with Gasteiger partial charge in [0.05, 0.1) is 22.0 Å². The van der Waals surface area contributed by atoms with Crippen molar-refractivity contribution in [3.05, 3.63) is 59.4 Å². The molecule has 0 fully saturated rings. The Bertz CT molecular complexity index is 1280. The molecule has 0 radical (unpaired) electrons. The highest BCUT2D eigenvalue weighted by atomic mass is 32.2. The average molecular weight is 469 g/mol. The van der Waals surface area contributed by atoms with Gasteiger partial charge in [0, 0.05) is 40.0 Å². The van der Waals surface area contributed by atoms with Crippen LogP contribution in [0.2, 0.25) is 0 Å². The van der Waals surface area contributed by atoms with Crippen molar-refractivity contribution < 1.29 is 13.2 Å². The second-order valence-electron chi connectivity index (χ2n) is 8.58. The van der Waals surface area contributed by atoms with E-state index in [-0.39, 0.29) is 16.8 Å². The number of sulfonamides is 1. The normalized spacial score (nSPS) is 15.8. The predicted octanol–water partition coefficient (Wildman–Crippen LogP) is 3.68. The minimum atomic E-state index is -3.54. The molecule has 1 heterocycles. The molecule has 0 N–H and O–H groups in total. The van der Waals surface area contributed by atoms with Crippen molar-refractivity contribution in [3.8, 4) is 0 Å². The fourth-order valence-corrected chi connectivity index (χ4v) is 6.31. The summed E-state index contributed by atoms with van der Waals surface area (Å²) in [7, 11) is 0.247. The van der Waals surface area contributed by atoms with Crippen molar-refractivity contribution in [1.82, 2.24) is 18.8 Å². The lowest BCUT2D eigenvalue weighted by Gasteiger charge is -2.25. The topological polar surface area (TPSA) is 75.5 Å². The third-order valence-electron chi connectivity index (χ3n) is 6.81. The van der Waals surface area contributed by atoms with E-state index in [2.05, 4.69) is 17.1 Å². The van der Waals surface area contributed by atoms with Gasteiger partial charge in [0.2, 0.25) is 15.9 Å². The zero-order valence-electron chi connectivity index (χ0n) is 19.8. The number of amides is 1. The first-order valence-electron chi connectivity index (χ1n) is 11.6. The highest BCUT2D eigenvalue weighted by Crippen LogP contribution is 2.35. The van der Waals surface area contributed by atoms with Crippen molar-refractivity contribution in [2.75, 3.05) is 20.1 Å². The van der Waals surface area contributed by atoms with E-state index < -0.39 is 10.0 Å². The molecule has 33 heavy (non-hydrogen) atoms. The Labute approximate surface area is 196 Å². The van der Waals surface area contributed by atoms with E-state index in [4.69, 9.17) is 0 Å². The minimum Gasteiger partial charge on any atom is -0.339 e. The van der Waals surface area contributed by atoms with Crippen molar-refractivity contribution in [3.63, 3.8) is 0 Å². The lowest BCUT2D eigenvalue weighted by Crippen LogP contribution is -2.30. The fourth-order valence-electron chi connectivity index (χ4n) is 4.83. The Hall–Kier alpha value is -2.71. The number of imidazole rings is 1. The first-order chi connectivity index (χ1) is 15.8. The largest absolute Gasteiger partial charge is 0.339 e. The summed E-state index contributed by atoms with van der Waals surface area (Å²) in [4.78, 5) is 19.8. The SMILES string of the molecule is CCN(CC)S(=O)(=O)c1ccc2c(c1)nc(CCC(=O)N(C)C1CCc3ccccc31)n2C. The lowest BCUT2D eigenvalue weighted by molar-refractivity contribution is -0.132. The van der Waals surface area contributed by atoms with Gasteiger partial charge in [-0.05, 0) is 42.2 Å². The Kier molecular flexibility index (Phi) is 6.59. The molecule has 1 amide bonds. The number of hydrogen-bond acceptors (Lipinski definition) is 4. The van der Waals surface area contributed by atoms with Crippen molar-refractivity contribution >= 4 is 27.0 Å². The molecule has 0 saturated carbocycles. The van der Waals surface area contributed by atoms with Crippen LogP contribution in [-0.4, -0.2) is 53.2 Å². The van der Waals surface area contributed by atoms with Gasteiger partial charge in [-0.1, -0.05) is 38.1 Å². The molecule has 8 heteroatoms. The molecule has 1 aliphatic carbocycles. The molecule has 0 aliphatic heterocycles. The molecule has 1 aliphatic rings. The lowest BCUT2D eigenvalue weighted by atomic mass is 10.1. The van der Waals surface area contributed by atoms with E-state index in [9.17, 15) is 13.2 Å². The zero-order chi connectivity index (χ0) is 23.8. The third-order valence-corrected chi connectivity index (χ3v) is 8.86. The number of nitrogens with zero attached hydrogens (tertiary/aromatic N) is 4. The van der Waals surface area contributed by atoms with Gasteiger partial charge < -0.3 is 9.47 Å². The maximum atomic E-state index is 13.0. The van der Waals surface area contributed by atoms with Gasteiger partial charge in [-0.3, -0.25) is 4.79 Å². The number of aryl methyl sites for hydroxylation is 3. The van der Waals surface area contributed by atoms with Crippen LogP contribution in [0.25, 0.3) is 11.0 Å². The minimum absolute atomic E-state index is 0.0913. The molecule has 1 unspecified atom stereocenters. The number of benzene rings is 2. The summed E-state index contributed by atoms with van der Waals surface area (Å²) < 4.78 is 29.1. The van der Waals surface area contributed by atoms with Gasteiger partial charge in [-0.15, -0.1) is 0 Å². The van der Waals surface area contributed by atoms with Gasteiger partial charge in [0.1, 0.15) is 5.82 Å². The van der Waals surface area contributed by atoms with E-state index in [1.165, 1.54) is 15.4 Å². The summed E-state index contributed by atoms with van der Waals surface area (Å²) in [5, 5.41) is 0. The van der Waals surface area contributed by atoms with E-state index in [0.29, 0.717) is 31.4 Å². The summed E-state index contributed by atoms with van der Waals surface area (Å²) in [5.74, 6) is 0.865. The fraction of sp³-hybridized carbons (Fsp3) is 0.440. The highest BCUT2D eigenvalue weighted by molar-refractivity contribution is 7.89. The second-order valence-corrected chi connectivity index (χ2v) is 10.5. The van der Waals surface area contributed by atoms with Crippen LogP contribution in [0.3, 0.4) is 0 Å². The molecule has 4 rings (SSSR count). The summed E-state index contributed by atoms with van der Waals surface area (Å²) in [5.41, 5.74) is 4.06. The zero-order valence-corrected chi connectivity index (χ0v) is 20.6. The smallest absolute Gasteiger partial charge is 0.243 e. The first-order valence-corrected chi connectivity index (χ1v) is 13.0. The van der Waals surface area contributed by atoms with Gasteiger partial charge in [0.25, 0.3) is 0 Å². The molecule has 1 atom stereocenters. The summed E-state index contributed by atoms with van der Waals surface area (Å²) in [6.45, 7) is 4.50. The first kappa shape index (κ1) is 23.4. The number of carbonyl (C=O) groups excluding carboxylic acids is 1. The average Bonchev–Trinajstić information content (AvgIpc) is 3.38. The Balaban J connectivity index is 1.50. The number of rotatable bonds is 8. The van der Waals surface area contributed by atoms with Crippen molar-refractivity contribution in [1.29, 1.82) is 0 Å². The standard InChI is InChI=1S/C25H32N4O3S/c1-5-29(6-2)33(31,32)19-12-14-23-21(17-19)26-24(27(23)3)15-16-25(30)28(4)22-13-11-18-9-7-8-10-20(18)22/h7-10,12,14,17,22H,5-6,11,13,15-16H2,1-4H3. The van der Waals surface area contributed by atoms with Crippen LogP contribution in [0.1, 0.15) is 49.7 Å². The summed E-state index contributed by atoms with van der Waals surface area (Å²) in [6.07, 6.45) is 2.82. The predicted molar refractivity (Wildman–Crippen MR) is 129 cm³/mol. The quantitative estimate of drug-likeness (QED) is 0.505. The van der Waals surface area contributed by atoms with Gasteiger partial charge >= 0.3 is 0 Å². The number of carbonyl (C=O) groups is 1. The molecule has 1 aromatic heterocycles. The van der Waals surface area contributed by atoms with E-state index in [0.717, 1.165) is 24.2 Å². The molecule has 0 bridgehead atoms. The molecule has 0 saturated heterocycles. The summed E-state index contributed by atoms with van der Waals surface area (Å²) in [6, 6.07) is 13.5. The van der Waals surface area contributed by atoms with Crippen LogP contribution in [0.15, 0.2) is 47.4 Å². The van der Waals surface area contributed by atoms with Crippen LogP contribution in [0, 0.1) is 0 Å². The maximum absolute atomic E-state index is 13.0. The van der Waals surface area contributed by atoms with Crippen LogP contribution in [-0.2, 0) is 34.7 Å². The van der Waals surface area contributed by atoms with Crippen molar-refractivity contribution in [2.45, 2.75) is 50.5 Å². The molecule has 7 nitrogen and oxygen atoms in total.